The maximum atomic E-state index is 14.6. The zero-order valence-electron chi connectivity index (χ0n) is 18.1. The summed E-state index contributed by atoms with van der Waals surface area (Å²) in [5, 5.41) is 4.36. The predicted octanol–water partition coefficient (Wildman–Crippen LogP) is 6.43. The van der Waals surface area contributed by atoms with E-state index in [9.17, 15) is 22.4 Å². The monoisotopic (exact) mass is 533 g/mol. The van der Waals surface area contributed by atoms with Crippen LogP contribution in [-0.2, 0) is 19.0 Å². The maximum absolute atomic E-state index is 14.6. The van der Waals surface area contributed by atoms with E-state index in [1.807, 2.05) is 19.1 Å². The second-order valence-corrected chi connectivity index (χ2v) is 8.73. The number of benzene rings is 3. The van der Waals surface area contributed by atoms with Gasteiger partial charge in [0, 0.05) is 10.9 Å². The first-order valence-electron chi connectivity index (χ1n) is 10.5. The Labute approximate surface area is 201 Å². The van der Waals surface area contributed by atoms with Crippen LogP contribution in [0.15, 0.2) is 76.0 Å². The van der Waals surface area contributed by atoms with Gasteiger partial charge in [-0.15, -0.1) is 5.10 Å². The average Bonchev–Trinajstić information content (AvgIpc) is 3.12. The molecule has 0 radical (unpaired) electrons. The summed E-state index contributed by atoms with van der Waals surface area (Å²) >= 11 is 3.48. The highest BCUT2D eigenvalue weighted by molar-refractivity contribution is 9.10. The van der Waals surface area contributed by atoms with Gasteiger partial charge >= 0.3 is 11.9 Å². The van der Waals surface area contributed by atoms with E-state index in [4.69, 9.17) is 0 Å². The number of rotatable bonds is 6. The lowest BCUT2D eigenvalue weighted by Crippen LogP contribution is -2.24. The molecular weight excluding hydrogens is 514 g/mol. The van der Waals surface area contributed by atoms with Crippen LogP contribution in [0.5, 0.6) is 0 Å². The van der Waals surface area contributed by atoms with Crippen LogP contribution in [0.4, 0.5) is 17.6 Å². The van der Waals surface area contributed by atoms with Gasteiger partial charge in [-0.1, -0.05) is 40.2 Å². The smallest absolute Gasteiger partial charge is 0.245 e. The Morgan fingerprint density at radius 2 is 1.68 bits per heavy atom. The molecule has 34 heavy (non-hydrogen) atoms. The number of hydrogen-bond acceptors (Lipinski definition) is 2. The molecule has 0 amide bonds. The fourth-order valence-electron chi connectivity index (χ4n) is 3.72. The molecule has 0 spiro atoms. The van der Waals surface area contributed by atoms with E-state index in [1.54, 1.807) is 6.07 Å². The third-order valence-electron chi connectivity index (χ3n) is 5.47. The lowest BCUT2D eigenvalue weighted by Gasteiger charge is -2.07. The average molecular weight is 534 g/mol. The van der Waals surface area contributed by atoms with Crippen LogP contribution < -0.4 is 5.69 Å². The maximum Gasteiger partial charge on any atom is 0.416 e. The van der Waals surface area contributed by atoms with Gasteiger partial charge in [-0.3, -0.25) is 0 Å². The summed E-state index contributed by atoms with van der Waals surface area (Å²) in [5.41, 5.74) is 0.940. The molecule has 0 N–H and O–H groups in total. The molecule has 0 saturated carbocycles. The van der Waals surface area contributed by atoms with Crippen molar-refractivity contribution >= 4 is 15.9 Å². The lowest BCUT2D eigenvalue weighted by molar-refractivity contribution is -0.137. The van der Waals surface area contributed by atoms with Gasteiger partial charge in [0.2, 0.25) is 0 Å². The number of nitrogens with zero attached hydrogens (tertiary/aromatic N) is 3. The largest absolute Gasteiger partial charge is 0.416 e. The highest BCUT2D eigenvalue weighted by atomic mass is 79.9. The third kappa shape index (κ3) is 4.99. The van der Waals surface area contributed by atoms with Crippen LogP contribution in [0.1, 0.15) is 28.9 Å². The third-order valence-corrected chi connectivity index (χ3v) is 6.36. The van der Waals surface area contributed by atoms with Crippen LogP contribution in [0.3, 0.4) is 0 Å². The normalized spacial score (nSPS) is 11.7. The van der Waals surface area contributed by atoms with Gasteiger partial charge in [0.25, 0.3) is 0 Å². The van der Waals surface area contributed by atoms with Gasteiger partial charge < -0.3 is 0 Å². The number of para-hydroxylation sites is 1. The zero-order valence-corrected chi connectivity index (χ0v) is 19.7. The molecule has 0 aliphatic carbocycles. The minimum absolute atomic E-state index is 0.0418. The molecule has 4 rings (SSSR count). The van der Waals surface area contributed by atoms with E-state index in [0.717, 1.165) is 32.4 Å². The zero-order chi connectivity index (χ0) is 24.5. The Balaban J connectivity index is 1.69. The summed E-state index contributed by atoms with van der Waals surface area (Å²) < 4.78 is 56.6. The Morgan fingerprint density at radius 1 is 0.971 bits per heavy atom. The molecule has 0 aliphatic heterocycles. The van der Waals surface area contributed by atoms with Gasteiger partial charge in [0.1, 0.15) is 11.6 Å². The van der Waals surface area contributed by atoms with E-state index in [-0.39, 0.29) is 11.4 Å². The van der Waals surface area contributed by atoms with Crippen molar-refractivity contribution < 1.29 is 17.6 Å². The van der Waals surface area contributed by atoms with Crippen LogP contribution >= 0.6 is 15.9 Å². The van der Waals surface area contributed by atoms with Gasteiger partial charge in [0.05, 0.1) is 16.9 Å². The topological polar surface area (TPSA) is 39.8 Å². The van der Waals surface area contributed by atoms with Gasteiger partial charge in [-0.25, -0.2) is 13.8 Å². The molecule has 176 valence electrons. The predicted molar refractivity (Wildman–Crippen MR) is 125 cm³/mol. The standard InChI is InChI=1S/C25H20BrF4N3O/c1-16-15-17(9-14-20(16)26)5-4-8-23-31-33(19-12-10-18(11-13-19)25(28,29)30)24(34)32(23)22-7-3-2-6-21(22)27/h2-3,6-7,9-15H,4-5,8H2,1H3. The van der Waals surface area contributed by atoms with Crippen molar-refractivity contribution in [3.63, 3.8) is 0 Å². The minimum atomic E-state index is -4.49. The van der Waals surface area contributed by atoms with Crippen molar-refractivity contribution in [1.29, 1.82) is 0 Å². The summed E-state index contributed by atoms with van der Waals surface area (Å²) in [4.78, 5) is 13.2. The van der Waals surface area contributed by atoms with Gasteiger partial charge in [-0.05, 0) is 73.4 Å². The summed E-state index contributed by atoms with van der Waals surface area (Å²) in [6.45, 7) is 2.00. The summed E-state index contributed by atoms with van der Waals surface area (Å²) in [6.07, 6.45) is -2.77. The first-order chi connectivity index (χ1) is 16.1. The van der Waals surface area contributed by atoms with Crippen molar-refractivity contribution in [3.05, 3.63) is 110 Å². The molecule has 0 unspecified atom stereocenters. The number of aryl methyl sites for hydroxylation is 3. The fourth-order valence-corrected chi connectivity index (χ4v) is 3.96. The van der Waals surface area contributed by atoms with Crippen molar-refractivity contribution in [2.24, 2.45) is 0 Å². The molecular formula is C25H20BrF4N3O. The van der Waals surface area contributed by atoms with E-state index < -0.39 is 23.2 Å². The molecule has 0 saturated heterocycles. The summed E-state index contributed by atoms with van der Waals surface area (Å²) in [6, 6.07) is 16.0. The first kappa shape index (κ1) is 23.9. The molecule has 0 atom stereocenters. The molecule has 3 aromatic carbocycles. The lowest BCUT2D eigenvalue weighted by atomic mass is 10.1. The van der Waals surface area contributed by atoms with Crippen molar-refractivity contribution in [2.75, 3.05) is 0 Å². The minimum Gasteiger partial charge on any atom is -0.245 e. The molecule has 9 heteroatoms. The van der Waals surface area contributed by atoms with Crippen molar-refractivity contribution in [2.45, 2.75) is 32.4 Å². The highest BCUT2D eigenvalue weighted by Crippen LogP contribution is 2.29. The molecule has 1 heterocycles. The van der Waals surface area contributed by atoms with E-state index in [2.05, 4.69) is 27.1 Å². The van der Waals surface area contributed by atoms with Crippen molar-refractivity contribution in [3.8, 4) is 11.4 Å². The number of aromatic nitrogens is 3. The number of hydrogen-bond donors (Lipinski definition) is 0. The Bertz CT molecular complexity index is 1370. The van der Waals surface area contributed by atoms with E-state index in [1.165, 1.54) is 34.9 Å². The quantitative estimate of drug-likeness (QED) is 0.268. The van der Waals surface area contributed by atoms with Gasteiger partial charge in [0.15, 0.2) is 0 Å². The summed E-state index contributed by atoms with van der Waals surface area (Å²) in [7, 11) is 0. The Kier molecular flexibility index (Phi) is 6.74. The molecule has 0 aliphatic rings. The molecule has 1 aromatic heterocycles. The fraction of sp³-hybridized carbons (Fsp3) is 0.200. The number of alkyl halides is 3. The van der Waals surface area contributed by atoms with E-state index >= 15 is 0 Å². The van der Waals surface area contributed by atoms with Crippen LogP contribution in [0.2, 0.25) is 0 Å². The first-order valence-corrected chi connectivity index (χ1v) is 11.3. The Morgan fingerprint density at radius 3 is 2.32 bits per heavy atom. The molecule has 0 bridgehead atoms. The van der Waals surface area contributed by atoms with Gasteiger partial charge in [-0.2, -0.15) is 17.9 Å². The second kappa shape index (κ2) is 9.58. The summed E-state index contributed by atoms with van der Waals surface area (Å²) in [5.74, 6) is -0.273. The molecule has 4 aromatic rings. The SMILES string of the molecule is Cc1cc(CCCc2nn(-c3ccc(C(F)(F)F)cc3)c(=O)n2-c2ccccc2F)ccc1Br. The number of halogens is 5. The van der Waals surface area contributed by atoms with Crippen LogP contribution in [-0.4, -0.2) is 14.3 Å². The second-order valence-electron chi connectivity index (χ2n) is 7.88. The van der Waals surface area contributed by atoms with Crippen LogP contribution in [0.25, 0.3) is 11.4 Å². The van der Waals surface area contributed by atoms with Crippen molar-refractivity contribution in [1.82, 2.24) is 14.3 Å². The van der Waals surface area contributed by atoms with E-state index in [0.29, 0.717) is 25.1 Å². The highest BCUT2D eigenvalue weighted by Gasteiger charge is 2.30. The van der Waals surface area contributed by atoms with Crippen LogP contribution in [0, 0.1) is 12.7 Å². The Hall–Kier alpha value is -3.20. The molecule has 0 fully saturated rings. The molecule has 4 nitrogen and oxygen atoms in total.